The Morgan fingerprint density at radius 2 is 1.10 bits per heavy atom. The van der Waals surface area contributed by atoms with E-state index in [1.54, 1.807) is 48.7 Å². The summed E-state index contributed by atoms with van der Waals surface area (Å²) in [6.45, 7) is 2.00. The van der Waals surface area contributed by atoms with E-state index in [1.165, 1.54) is 18.4 Å². The molecule has 0 aliphatic rings. The van der Waals surface area contributed by atoms with E-state index in [0.29, 0.717) is 33.1 Å². The summed E-state index contributed by atoms with van der Waals surface area (Å²) in [5.41, 5.74) is 7.76. The molecule has 2 aromatic heterocycles. The van der Waals surface area contributed by atoms with Crippen molar-refractivity contribution in [2.45, 2.75) is 41.5 Å². The van der Waals surface area contributed by atoms with Gasteiger partial charge in [-0.25, -0.2) is 9.97 Å². The van der Waals surface area contributed by atoms with E-state index in [4.69, 9.17) is 54.5 Å². The third kappa shape index (κ3) is 18.5. The van der Waals surface area contributed by atoms with Crippen molar-refractivity contribution >= 4 is 94.3 Å². The van der Waals surface area contributed by atoms with Crippen molar-refractivity contribution < 1.29 is 52.6 Å². The Kier molecular flexibility index (Phi) is 31.3. The van der Waals surface area contributed by atoms with Crippen LogP contribution in [0.25, 0.3) is 22.9 Å². The smallest absolute Gasteiger partial charge is 0.507 e. The number of aromatic hydroxyl groups is 3. The largest absolute Gasteiger partial charge is 1.00 e. The van der Waals surface area contributed by atoms with Gasteiger partial charge in [0, 0.05) is 13.4 Å². The molecule has 10 nitrogen and oxygen atoms in total. The molecule has 0 aliphatic heterocycles. The molecule has 5 aromatic rings. The van der Waals surface area contributed by atoms with E-state index in [-0.39, 0.29) is 94.8 Å². The summed E-state index contributed by atoms with van der Waals surface area (Å²) in [5, 5.41) is 28.3. The molecule has 0 radical (unpaired) electrons. The number of benzene rings is 3. The summed E-state index contributed by atoms with van der Waals surface area (Å²) in [7, 11) is 0. The van der Waals surface area contributed by atoms with Gasteiger partial charge < -0.3 is 37.3 Å². The van der Waals surface area contributed by atoms with Gasteiger partial charge in [-0.2, -0.15) is 0 Å². The zero-order valence-corrected chi connectivity index (χ0v) is 33.4. The van der Waals surface area contributed by atoms with Crippen molar-refractivity contribution in [1.29, 1.82) is 0 Å². The Morgan fingerprint density at radius 3 is 1.40 bits per heavy atom. The normalized spacial score (nSPS) is 9.06. The number of phenolic OH excluding ortho intramolecular Hbond substituents is 2. The van der Waals surface area contributed by atoms with Crippen LogP contribution in [0.4, 0.5) is 0 Å². The number of rotatable bonds is 7. The molecule has 0 fully saturated rings. The van der Waals surface area contributed by atoms with E-state index >= 15 is 0 Å². The Hall–Kier alpha value is -2.47. The maximum absolute atomic E-state index is 10.6. The maximum atomic E-state index is 10.6. The molecule has 5 N–H and O–H groups in total. The average molecular weight is 970 g/mol. The molecule has 0 saturated heterocycles. The number of nitrogens with two attached hydrogens (primary N) is 1. The van der Waals surface area contributed by atoms with Gasteiger partial charge in [-0.05, 0) is 61.0 Å². The summed E-state index contributed by atoms with van der Waals surface area (Å²) in [5.74, 6) is 0.604. The summed E-state index contributed by atoms with van der Waals surface area (Å²) in [6, 6.07) is 14.7. The number of hydrogen-bond acceptors (Lipinski definition) is 9. The van der Waals surface area contributed by atoms with Crippen LogP contribution in [0.2, 0.25) is 0 Å². The minimum atomic E-state index is -0.635. The number of amides is 1. The van der Waals surface area contributed by atoms with Crippen LogP contribution in [0, 0.1) is 7.43 Å². The third-order valence-electron chi connectivity index (χ3n) is 5.50. The molecular formula is C35H42Br3Cl3LiN3O7. The molecule has 0 bridgehead atoms. The van der Waals surface area contributed by atoms with E-state index in [1.807, 2.05) is 6.92 Å². The molecule has 17 heteroatoms. The van der Waals surface area contributed by atoms with Gasteiger partial charge in [-0.1, -0.05) is 77.0 Å². The number of alkyl halides is 3. The van der Waals surface area contributed by atoms with Crippen molar-refractivity contribution in [2.75, 3.05) is 11.8 Å². The fourth-order valence-electron chi connectivity index (χ4n) is 3.19. The van der Waals surface area contributed by atoms with Gasteiger partial charge in [0.1, 0.15) is 29.8 Å². The van der Waals surface area contributed by atoms with Gasteiger partial charge in [-0.3, -0.25) is 9.59 Å². The van der Waals surface area contributed by atoms with Crippen molar-refractivity contribution in [3.63, 3.8) is 0 Å². The van der Waals surface area contributed by atoms with Crippen molar-refractivity contribution in [1.82, 2.24) is 9.97 Å². The first-order valence-electron chi connectivity index (χ1n) is 13.2. The fraction of sp³-hybridized carbons (Fsp3) is 0.229. The molecule has 2 heterocycles. The van der Waals surface area contributed by atoms with Crippen LogP contribution in [0.3, 0.4) is 0 Å². The number of ketones is 1. The molecule has 52 heavy (non-hydrogen) atoms. The van der Waals surface area contributed by atoms with Crippen molar-refractivity contribution in [2.24, 2.45) is 5.73 Å². The fourth-order valence-corrected chi connectivity index (χ4v) is 4.68. The third-order valence-corrected chi connectivity index (χ3v) is 7.85. The minimum absolute atomic E-state index is 0. The first-order chi connectivity index (χ1) is 22.3. The maximum Gasteiger partial charge on any atom is 1.00 e. The molecular weight excluding hydrogens is 927 g/mol. The number of hydrogen-bond donors (Lipinski definition) is 4. The van der Waals surface area contributed by atoms with Gasteiger partial charge >= 0.3 is 18.9 Å². The molecule has 1 amide bonds. The quantitative estimate of drug-likeness (QED) is 0.0708. The number of Topliss-reactive ketones (excluding diaryl/α,β-unsaturated/α-hetero) is 1. The number of carbonyl (C=O) groups excluding carboxylic acids is 2. The van der Waals surface area contributed by atoms with Gasteiger partial charge in [0.25, 0.3) is 5.91 Å². The van der Waals surface area contributed by atoms with E-state index < -0.39 is 5.91 Å². The molecule has 0 aliphatic carbocycles. The predicted molar refractivity (Wildman–Crippen MR) is 219 cm³/mol. The number of aromatic nitrogens is 2. The SMILES string of the molecule is C.C.C.CCc1coc(-c2cc(Br)ccc2O)n1.NC(=O)c1cc(Br)ccc1O.O=C(CCl)CCl.Oc1ccc(Br)cc1-c1nc(CCl)co1.[CH3-].[Li+]. The van der Waals surface area contributed by atoms with Gasteiger partial charge in [-0.15, -0.1) is 34.8 Å². The number of aryl methyl sites for hydroxylation is 1. The number of oxazole rings is 2. The second-order valence-electron chi connectivity index (χ2n) is 8.93. The predicted octanol–water partition coefficient (Wildman–Crippen LogP) is 8.57. The molecule has 0 unspecified atom stereocenters. The van der Waals surface area contributed by atoms with E-state index in [9.17, 15) is 19.8 Å². The molecule has 0 atom stereocenters. The molecule has 5 rings (SSSR count). The number of phenols is 3. The topological polar surface area (TPSA) is 173 Å². The summed E-state index contributed by atoms with van der Waals surface area (Å²) in [4.78, 5) is 28.9. The van der Waals surface area contributed by atoms with Crippen LogP contribution in [0.1, 0.15) is 50.9 Å². The first-order valence-corrected chi connectivity index (χ1v) is 17.2. The Labute approximate surface area is 358 Å². The standard InChI is InChI=1S/C11H10BrNO2.C10H7BrClNO2.C7H6BrNO2.C3H4Cl2O.3CH4.CH3.Li/c1-2-8-6-15-11(13-8)9-5-7(12)3-4-10(9)14;11-6-1-2-9(14)8(3-6)10-13-7(4-12)5-15-10;8-4-1-2-6(10)5(3-4)7(9)11;4-1-3(6)2-5;;;;;/h3-6,14H,2H2,1H3;1-3,5,14H,4H2;1-3,10H,(H2,9,11);1-2H2;3*1H4;1H3;/q;;;;;;;-1;+1. The van der Waals surface area contributed by atoms with Crippen LogP contribution in [0.5, 0.6) is 17.2 Å². The molecule has 3 aromatic carbocycles. The second kappa shape index (κ2) is 29.0. The summed E-state index contributed by atoms with van der Waals surface area (Å²) in [6.07, 6.45) is 3.90. The monoisotopic (exact) mass is 965 g/mol. The number of primary amides is 1. The van der Waals surface area contributed by atoms with Crippen LogP contribution in [0.15, 0.2) is 89.4 Å². The zero-order chi connectivity index (χ0) is 35.1. The average Bonchev–Trinajstić information content (AvgIpc) is 3.75. The van der Waals surface area contributed by atoms with Crippen LogP contribution in [-0.2, 0) is 17.1 Å². The van der Waals surface area contributed by atoms with E-state index in [2.05, 4.69) is 57.8 Å². The second-order valence-corrected chi connectivity index (χ2v) is 12.5. The first kappa shape index (κ1) is 56.3. The van der Waals surface area contributed by atoms with Gasteiger partial charge in [0.2, 0.25) is 11.8 Å². The minimum Gasteiger partial charge on any atom is -0.507 e. The van der Waals surface area contributed by atoms with Crippen molar-refractivity contribution in [3.8, 4) is 40.2 Å². The van der Waals surface area contributed by atoms with Gasteiger partial charge in [0.05, 0.1) is 45.7 Å². The number of halogens is 6. The van der Waals surface area contributed by atoms with Gasteiger partial charge in [0.15, 0.2) is 5.78 Å². The molecule has 0 saturated carbocycles. The van der Waals surface area contributed by atoms with Crippen molar-refractivity contribution in [3.05, 3.63) is 105 Å². The zero-order valence-electron chi connectivity index (χ0n) is 26.4. The van der Waals surface area contributed by atoms with Crippen LogP contribution >= 0.6 is 82.6 Å². The molecule has 282 valence electrons. The van der Waals surface area contributed by atoms with Crippen LogP contribution in [-0.4, -0.2) is 48.7 Å². The summed E-state index contributed by atoms with van der Waals surface area (Å²) >= 11 is 25.4. The Bertz CT molecular complexity index is 1700. The summed E-state index contributed by atoms with van der Waals surface area (Å²) < 4.78 is 12.9. The number of nitrogens with zero attached hydrogens (tertiary/aromatic N) is 2. The Morgan fingerprint density at radius 1 is 0.712 bits per heavy atom. The van der Waals surface area contributed by atoms with E-state index in [0.717, 1.165) is 21.1 Å². The number of carbonyl (C=O) groups is 2. The molecule has 0 spiro atoms. The van der Waals surface area contributed by atoms with Crippen LogP contribution < -0.4 is 24.6 Å². The Balaban J connectivity index is -0.000000298.